The highest BCUT2D eigenvalue weighted by atomic mass is 35.5. The molecule has 1 saturated heterocycles. The molecule has 0 radical (unpaired) electrons. The van der Waals surface area contributed by atoms with Gasteiger partial charge >= 0.3 is 0 Å². The molecule has 1 amide bonds. The smallest absolute Gasteiger partial charge is 0.253 e. The van der Waals surface area contributed by atoms with Gasteiger partial charge in [0.1, 0.15) is 0 Å². The average Bonchev–Trinajstić information content (AvgIpc) is 3.36. The Kier molecular flexibility index (Phi) is 7.93. The van der Waals surface area contributed by atoms with Crippen molar-refractivity contribution in [1.82, 2.24) is 24.6 Å². The van der Waals surface area contributed by atoms with E-state index in [1.165, 1.54) is 5.56 Å². The van der Waals surface area contributed by atoms with E-state index in [4.69, 9.17) is 11.6 Å². The monoisotopic (exact) mass is 531 g/mol. The van der Waals surface area contributed by atoms with E-state index in [-0.39, 0.29) is 5.91 Å². The summed E-state index contributed by atoms with van der Waals surface area (Å²) in [5.41, 5.74) is 4.89. The molecule has 2 heterocycles. The summed E-state index contributed by atoms with van der Waals surface area (Å²) in [6.07, 6.45) is 0. The van der Waals surface area contributed by atoms with Crippen molar-refractivity contribution in [2.24, 2.45) is 0 Å². The summed E-state index contributed by atoms with van der Waals surface area (Å²) in [6, 6.07) is 23.9. The third-order valence-corrected chi connectivity index (χ3v) is 7.89. The Bertz CT molecular complexity index is 1380. The zero-order valence-electron chi connectivity index (χ0n) is 21.1. The number of aryl methyl sites for hydroxylation is 1. The lowest BCUT2D eigenvalue weighted by Crippen LogP contribution is -2.48. The summed E-state index contributed by atoms with van der Waals surface area (Å²) in [7, 11) is 0. The minimum atomic E-state index is 0.103. The topological polar surface area (TPSA) is 54.3 Å². The van der Waals surface area contributed by atoms with Gasteiger partial charge in [0.05, 0.1) is 5.69 Å². The van der Waals surface area contributed by atoms with Crippen molar-refractivity contribution in [2.75, 3.05) is 32.7 Å². The maximum absolute atomic E-state index is 13.1. The van der Waals surface area contributed by atoms with Crippen LogP contribution in [0.3, 0.4) is 0 Å². The Balaban J connectivity index is 1.37. The van der Waals surface area contributed by atoms with Gasteiger partial charge < -0.3 is 9.80 Å². The molecule has 0 bridgehead atoms. The van der Waals surface area contributed by atoms with Crippen LogP contribution in [0.1, 0.15) is 28.4 Å². The number of benzene rings is 3. The van der Waals surface area contributed by atoms with Gasteiger partial charge in [-0.3, -0.25) is 9.36 Å². The van der Waals surface area contributed by atoms with Crippen molar-refractivity contribution in [2.45, 2.75) is 24.8 Å². The maximum atomic E-state index is 13.1. The number of hydrogen-bond acceptors (Lipinski definition) is 5. The van der Waals surface area contributed by atoms with Crippen LogP contribution in [0.5, 0.6) is 0 Å². The van der Waals surface area contributed by atoms with E-state index in [9.17, 15) is 4.79 Å². The first-order valence-corrected chi connectivity index (χ1v) is 13.9. The van der Waals surface area contributed by atoms with E-state index in [1.54, 1.807) is 11.8 Å². The molecule has 0 spiro atoms. The molecule has 1 aliphatic heterocycles. The molecule has 8 heteroatoms. The van der Waals surface area contributed by atoms with E-state index < -0.39 is 0 Å². The normalized spacial score (nSPS) is 14.2. The van der Waals surface area contributed by atoms with Crippen LogP contribution in [0.25, 0.3) is 17.1 Å². The molecule has 1 aliphatic rings. The van der Waals surface area contributed by atoms with Gasteiger partial charge in [-0.25, -0.2) is 0 Å². The second-order valence-electron chi connectivity index (χ2n) is 9.20. The van der Waals surface area contributed by atoms with Crippen molar-refractivity contribution >= 4 is 29.3 Å². The molecule has 1 fully saturated rings. The van der Waals surface area contributed by atoms with E-state index in [0.29, 0.717) is 10.8 Å². The molecule has 0 aliphatic carbocycles. The van der Waals surface area contributed by atoms with Gasteiger partial charge in [-0.1, -0.05) is 78.3 Å². The minimum absolute atomic E-state index is 0.103. The largest absolute Gasteiger partial charge is 0.336 e. The molecule has 0 unspecified atom stereocenters. The number of carbonyl (C=O) groups is 1. The molecular formula is C29H30ClN5OS. The third-order valence-electron chi connectivity index (χ3n) is 6.66. The highest BCUT2D eigenvalue weighted by Crippen LogP contribution is 2.31. The van der Waals surface area contributed by atoms with Crippen LogP contribution in [-0.4, -0.2) is 63.2 Å². The predicted molar refractivity (Wildman–Crippen MR) is 151 cm³/mol. The number of hydrogen-bond donors (Lipinski definition) is 0. The fourth-order valence-electron chi connectivity index (χ4n) is 4.49. The molecule has 0 N–H and O–H groups in total. The SMILES string of the molecule is CCN1CCN(C(=O)c2cccc(CSc3nnc(-c4ccc(C)cc4)n3-c3cccc(Cl)c3)c2)CC1. The fourth-order valence-corrected chi connectivity index (χ4v) is 5.57. The highest BCUT2D eigenvalue weighted by molar-refractivity contribution is 7.98. The van der Waals surface area contributed by atoms with Crippen molar-refractivity contribution in [3.63, 3.8) is 0 Å². The van der Waals surface area contributed by atoms with Gasteiger partial charge in [-0.15, -0.1) is 10.2 Å². The van der Waals surface area contributed by atoms with Crippen LogP contribution in [0.2, 0.25) is 5.02 Å². The summed E-state index contributed by atoms with van der Waals surface area (Å²) in [4.78, 5) is 17.5. The number of nitrogens with zero attached hydrogens (tertiary/aromatic N) is 5. The lowest BCUT2D eigenvalue weighted by atomic mass is 10.1. The Hall–Kier alpha value is -3.13. The average molecular weight is 532 g/mol. The molecule has 37 heavy (non-hydrogen) atoms. The number of amides is 1. The highest BCUT2D eigenvalue weighted by Gasteiger charge is 2.22. The van der Waals surface area contributed by atoms with Crippen molar-refractivity contribution in [3.05, 3.63) is 94.5 Å². The zero-order valence-corrected chi connectivity index (χ0v) is 22.7. The maximum Gasteiger partial charge on any atom is 0.253 e. The molecule has 0 atom stereocenters. The van der Waals surface area contributed by atoms with E-state index in [1.807, 2.05) is 51.9 Å². The number of piperazine rings is 1. The summed E-state index contributed by atoms with van der Waals surface area (Å²) < 4.78 is 2.05. The fraction of sp³-hybridized carbons (Fsp3) is 0.276. The lowest BCUT2D eigenvalue weighted by Gasteiger charge is -2.34. The molecule has 6 nitrogen and oxygen atoms in total. The number of carbonyl (C=O) groups excluding carboxylic acids is 1. The molecule has 4 aromatic rings. The number of thioether (sulfide) groups is 1. The van der Waals surface area contributed by atoms with Crippen LogP contribution in [-0.2, 0) is 5.75 Å². The molecule has 3 aromatic carbocycles. The van der Waals surface area contributed by atoms with Crippen molar-refractivity contribution < 1.29 is 4.79 Å². The van der Waals surface area contributed by atoms with Crippen LogP contribution in [0.15, 0.2) is 78.0 Å². The quantitative estimate of drug-likeness (QED) is 0.275. The van der Waals surface area contributed by atoms with Crippen molar-refractivity contribution in [3.8, 4) is 17.1 Å². The molecule has 5 rings (SSSR count). The summed E-state index contributed by atoms with van der Waals surface area (Å²) in [6.45, 7) is 8.67. The Morgan fingerprint density at radius 3 is 2.43 bits per heavy atom. The number of rotatable bonds is 7. The van der Waals surface area contributed by atoms with Gasteiger partial charge in [0.2, 0.25) is 0 Å². The number of aromatic nitrogens is 3. The Labute approximate surface area is 227 Å². The summed E-state index contributed by atoms with van der Waals surface area (Å²) in [5, 5.41) is 10.5. The molecule has 190 valence electrons. The summed E-state index contributed by atoms with van der Waals surface area (Å²) >= 11 is 7.93. The second kappa shape index (κ2) is 11.5. The number of halogens is 1. The van der Waals surface area contributed by atoms with Gasteiger partial charge in [0.25, 0.3) is 5.91 Å². The minimum Gasteiger partial charge on any atom is -0.336 e. The lowest BCUT2D eigenvalue weighted by molar-refractivity contribution is 0.0643. The molecule has 0 saturated carbocycles. The van der Waals surface area contributed by atoms with Crippen LogP contribution in [0, 0.1) is 6.92 Å². The standard InChI is InChI=1S/C29H30ClN5OS/c1-3-33-14-16-34(17-15-33)28(36)24-7-4-6-22(18-24)20-37-29-32-31-27(23-12-10-21(2)11-13-23)35(29)26-9-5-8-25(30)19-26/h4-13,18-19H,3,14-17,20H2,1-2H3. The first-order valence-electron chi connectivity index (χ1n) is 12.5. The Morgan fingerprint density at radius 2 is 1.70 bits per heavy atom. The van der Waals surface area contributed by atoms with Gasteiger partial charge in [-0.05, 0) is 49.4 Å². The van der Waals surface area contributed by atoms with E-state index in [0.717, 1.165) is 66.1 Å². The number of likely N-dealkylation sites (N-methyl/N-ethyl adjacent to an activating group) is 1. The Morgan fingerprint density at radius 1 is 0.946 bits per heavy atom. The third kappa shape index (κ3) is 5.90. The first-order chi connectivity index (χ1) is 18.0. The van der Waals surface area contributed by atoms with Crippen LogP contribution >= 0.6 is 23.4 Å². The summed E-state index contributed by atoms with van der Waals surface area (Å²) in [5.74, 6) is 1.53. The second-order valence-corrected chi connectivity index (χ2v) is 10.6. The zero-order chi connectivity index (χ0) is 25.8. The van der Waals surface area contributed by atoms with E-state index >= 15 is 0 Å². The van der Waals surface area contributed by atoms with Gasteiger partial charge in [-0.2, -0.15) is 0 Å². The van der Waals surface area contributed by atoms with Gasteiger partial charge in [0, 0.05) is 48.1 Å². The predicted octanol–water partition coefficient (Wildman–Crippen LogP) is 5.97. The van der Waals surface area contributed by atoms with Crippen molar-refractivity contribution in [1.29, 1.82) is 0 Å². The van der Waals surface area contributed by atoms with E-state index in [2.05, 4.69) is 59.3 Å². The molecular weight excluding hydrogens is 502 g/mol. The molecule has 1 aromatic heterocycles. The van der Waals surface area contributed by atoms with Crippen LogP contribution < -0.4 is 0 Å². The first kappa shape index (κ1) is 25.5. The van der Waals surface area contributed by atoms with Crippen LogP contribution in [0.4, 0.5) is 0 Å². The van der Waals surface area contributed by atoms with Gasteiger partial charge in [0.15, 0.2) is 11.0 Å².